The lowest BCUT2D eigenvalue weighted by atomic mass is 10.2. The van der Waals surface area contributed by atoms with Crippen LogP contribution >= 0.6 is 0 Å². The summed E-state index contributed by atoms with van der Waals surface area (Å²) in [6, 6.07) is 11.0. The highest BCUT2D eigenvalue weighted by molar-refractivity contribution is 5.79. The Hall–Kier alpha value is -3.35. The van der Waals surface area contributed by atoms with E-state index in [2.05, 4.69) is 25.0 Å². The first kappa shape index (κ1) is 13.3. The Morgan fingerprint density at radius 3 is 2.83 bits per heavy atom. The predicted molar refractivity (Wildman–Crippen MR) is 84.7 cm³/mol. The van der Waals surface area contributed by atoms with Crippen molar-refractivity contribution in [2.75, 3.05) is 0 Å². The third-order valence-electron chi connectivity index (χ3n) is 3.50. The van der Waals surface area contributed by atoms with Crippen molar-refractivity contribution in [1.29, 1.82) is 0 Å². The fraction of sp³-hybridized carbons (Fsp3) is 0.0625. The summed E-state index contributed by atoms with van der Waals surface area (Å²) in [6.45, 7) is 0.544. The van der Waals surface area contributed by atoms with Gasteiger partial charge < -0.3 is 4.98 Å². The number of nitrogens with zero attached hydrogens (tertiary/aromatic N) is 5. The first-order chi connectivity index (χ1) is 11.3. The van der Waals surface area contributed by atoms with Gasteiger partial charge in [0.25, 0.3) is 5.56 Å². The van der Waals surface area contributed by atoms with Gasteiger partial charge in [0.2, 0.25) is 0 Å². The number of para-hydroxylation sites is 1. The molecular weight excluding hydrogens is 292 g/mol. The minimum Gasteiger partial charge on any atom is -0.306 e. The Morgan fingerprint density at radius 1 is 1.13 bits per heavy atom. The molecule has 112 valence electrons. The highest BCUT2D eigenvalue weighted by Crippen LogP contribution is 2.15. The number of aromatic amines is 1. The molecule has 3 aromatic heterocycles. The van der Waals surface area contributed by atoms with Crippen molar-refractivity contribution in [2.45, 2.75) is 6.54 Å². The van der Waals surface area contributed by atoms with Crippen LogP contribution in [0.4, 0.5) is 0 Å². The molecule has 7 heteroatoms. The molecule has 4 rings (SSSR count). The van der Waals surface area contributed by atoms with Crippen molar-refractivity contribution in [3.63, 3.8) is 0 Å². The molecular formula is C16H12N6O. The van der Waals surface area contributed by atoms with Crippen LogP contribution in [0.2, 0.25) is 0 Å². The van der Waals surface area contributed by atoms with E-state index in [1.807, 2.05) is 30.3 Å². The molecule has 0 aliphatic rings. The molecule has 0 amide bonds. The monoisotopic (exact) mass is 304 g/mol. The van der Waals surface area contributed by atoms with Crippen LogP contribution in [-0.2, 0) is 6.54 Å². The van der Waals surface area contributed by atoms with Gasteiger partial charge in [-0.2, -0.15) is 5.10 Å². The number of hydrogen-bond donors (Lipinski definition) is 1. The summed E-state index contributed by atoms with van der Waals surface area (Å²) in [5.74, 6) is 0.508. The fourth-order valence-electron chi connectivity index (χ4n) is 2.36. The third kappa shape index (κ3) is 2.59. The number of H-pyrrole nitrogens is 1. The lowest BCUT2D eigenvalue weighted by molar-refractivity contribution is 0.671. The topological polar surface area (TPSA) is 89.4 Å². The summed E-state index contributed by atoms with van der Waals surface area (Å²) in [4.78, 5) is 27.7. The third-order valence-corrected chi connectivity index (χ3v) is 3.50. The van der Waals surface area contributed by atoms with Crippen LogP contribution in [0.25, 0.3) is 22.3 Å². The van der Waals surface area contributed by atoms with Gasteiger partial charge in [0, 0.05) is 11.8 Å². The molecule has 0 atom stereocenters. The van der Waals surface area contributed by atoms with Crippen molar-refractivity contribution in [1.82, 2.24) is 29.7 Å². The van der Waals surface area contributed by atoms with Gasteiger partial charge in [0.05, 0.1) is 23.1 Å². The Labute approximate surface area is 130 Å². The summed E-state index contributed by atoms with van der Waals surface area (Å²) in [5, 5.41) is 4.62. The van der Waals surface area contributed by atoms with Crippen LogP contribution in [0.15, 0.2) is 60.0 Å². The van der Waals surface area contributed by atoms with Crippen LogP contribution < -0.4 is 5.56 Å². The fourth-order valence-corrected chi connectivity index (χ4v) is 2.36. The standard InChI is InChI=1S/C16H12N6O/c23-16-13-3-1-2-4-14(13)20-15(21-16)11-5-6-12(18-7-11)8-22-10-17-9-19-22/h1-7,9-10H,8H2,(H,20,21,23). The van der Waals surface area contributed by atoms with E-state index in [4.69, 9.17) is 0 Å². The second-order valence-electron chi connectivity index (χ2n) is 5.06. The van der Waals surface area contributed by atoms with Crippen LogP contribution in [0.1, 0.15) is 5.69 Å². The SMILES string of the molecule is O=c1[nH]c(-c2ccc(Cn3cncn3)nc2)nc2ccccc12. The quantitative estimate of drug-likeness (QED) is 0.621. The number of hydrogen-bond acceptors (Lipinski definition) is 5. The van der Waals surface area contributed by atoms with Gasteiger partial charge in [0.1, 0.15) is 18.5 Å². The zero-order valence-corrected chi connectivity index (χ0v) is 12.0. The summed E-state index contributed by atoms with van der Waals surface area (Å²) >= 11 is 0. The maximum absolute atomic E-state index is 12.1. The molecule has 0 aliphatic carbocycles. The zero-order chi connectivity index (χ0) is 15.6. The van der Waals surface area contributed by atoms with Crippen molar-refractivity contribution < 1.29 is 0 Å². The lowest BCUT2D eigenvalue weighted by Gasteiger charge is -2.04. The van der Waals surface area contributed by atoms with Gasteiger partial charge in [-0.15, -0.1) is 0 Å². The number of nitrogens with one attached hydrogen (secondary N) is 1. The zero-order valence-electron chi connectivity index (χ0n) is 12.0. The summed E-state index contributed by atoms with van der Waals surface area (Å²) < 4.78 is 1.69. The molecule has 4 aromatic rings. The summed E-state index contributed by atoms with van der Waals surface area (Å²) in [7, 11) is 0. The first-order valence-electron chi connectivity index (χ1n) is 7.06. The van der Waals surface area contributed by atoms with Crippen LogP contribution in [0, 0.1) is 0 Å². The van der Waals surface area contributed by atoms with E-state index in [-0.39, 0.29) is 5.56 Å². The van der Waals surface area contributed by atoms with E-state index in [0.717, 1.165) is 11.3 Å². The average molecular weight is 304 g/mol. The van der Waals surface area contributed by atoms with Crippen LogP contribution in [-0.4, -0.2) is 29.7 Å². The smallest absolute Gasteiger partial charge is 0.259 e. The van der Waals surface area contributed by atoms with Crippen LogP contribution in [0.3, 0.4) is 0 Å². The normalized spacial score (nSPS) is 11.0. The second kappa shape index (κ2) is 5.45. The van der Waals surface area contributed by atoms with E-state index in [1.54, 1.807) is 23.3 Å². The summed E-state index contributed by atoms with van der Waals surface area (Å²) in [6.07, 6.45) is 4.81. The Bertz CT molecular complexity index is 1000. The van der Waals surface area contributed by atoms with E-state index < -0.39 is 0 Å². The van der Waals surface area contributed by atoms with Gasteiger partial charge in [-0.05, 0) is 24.3 Å². The highest BCUT2D eigenvalue weighted by atomic mass is 16.1. The summed E-state index contributed by atoms with van der Waals surface area (Å²) in [5.41, 5.74) is 2.12. The van der Waals surface area contributed by atoms with Crippen molar-refractivity contribution in [2.24, 2.45) is 0 Å². The number of rotatable bonds is 3. The molecule has 7 nitrogen and oxygen atoms in total. The van der Waals surface area contributed by atoms with Gasteiger partial charge >= 0.3 is 0 Å². The van der Waals surface area contributed by atoms with Gasteiger partial charge in [0.15, 0.2) is 0 Å². The molecule has 0 aliphatic heterocycles. The predicted octanol–water partition coefficient (Wildman–Crippen LogP) is 1.62. The van der Waals surface area contributed by atoms with Crippen molar-refractivity contribution in [3.8, 4) is 11.4 Å². The number of aromatic nitrogens is 6. The maximum Gasteiger partial charge on any atom is 0.259 e. The molecule has 0 saturated carbocycles. The Kier molecular flexibility index (Phi) is 3.16. The molecule has 0 bridgehead atoms. The molecule has 0 saturated heterocycles. The van der Waals surface area contributed by atoms with Crippen molar-refractivity contribution >= 4 is 10.9 Å². The van der Waals surface area contributed by atoms with Gasteiger partial charge in [-0.25, -0.2) is 14.6 Å². The number of benzene rings is 1. The highest BCUT2D eigenvalue weighted by Gasteiger charge is 2.06. The minimum atomic E-state index is -0.155. The molecule has 0 radical (unpaired) electrons. The van der Waals surface area contributed by atoms with Crippen LogP contribution in [0.5, 0.6) is 0 Å². The van der Waals surface area contributed by atoms with E-state index >= 15 is 0 Å². The molecule has 1 aromatic carbocycles. The molecule has 0 spiro atoms. The van der Waals surface area contributed by atoms with Crippen molar-refractivity contribution in [3.05, 3.63) is 71.3 Å². The Morgan fingerprint density at radius 2 is 2.04 bits per heavy atom. The minimum absolute atomic E-state index is 0.155. The van der Waals surface area contributed by atoms with E-state index in [9.17, 15) is 4.79 Å². The first-order valence-corrected chi connectivity index (χ1v) is 7.06. The molecule has 23 heavy (non-hydrogen) atoms. The maximum atomic E-state index is 12.1. The largest absolute Gasteiger partial charge is 0.306 e. The molecule has 0 unspecified atom stereocenters. The molecule has 1 N–H and O–H groups in total. The number of pyridine rings is 1. The van der Waals surface area contributed by atoms with E-state index in [0.29, 0.717) is 23.3 Å². The molecule has 3 heterocycles. The molecule has 0 fully saturated rings. The number of fused-ring (bicyclic) bond motifs is 1. The van der Waals surface area contributed by atoms with E-state index in [1.165, 1.54) is 6.33 Å². The average Bonchev–Trinajstić information content (AvgIpc) is 3.08. The van der Waals surface area contributed by atoms with Gasteiger partial charge in [-0.3, -0.25) is 9.78 Å². The van der Waals surface area contributed by atoms with Gasteiger partial charge in [-0.1, -0.05) is 12.1 Å². The second-order valence-corrected chi connectivity index (χ2v) is 5.06. The Balaban J connectivity index is 1.69. The lowest BCUT2D eigenvalue weighted by Crippen LogP contribution is -2.09.